The molecule has 0 saturated carbocycles. The third-order valence-electron chi connectivity index (χ3n) is 4.56. The lowest BCUT2D eigenvalue weighted by Gasteiger charge is -2.40. The minimum atomic E-state index is -0.614. The standard InChI is InChI=1S/C18H25N3O3/c1-12-7-13(2)21(19-12)14-9-20(10-14)11-17(22)16-8-15(23-3)5-6-18(16)24-4/h5-8,14,17,22H,9-11H2,1-4H3. The van der Waals surface area contributed by atoms with Gasteiger partial charge in [-0.2, -0.15) is 5.10 Å². The van der Waals surface area contributed by atoms with Gasteiger partial charge in [0.2, 0.25) is 0 Å². The van der Waals surface area contributed by atoms with E-state index in [2.05, 4.69) is 27.7 Å². The molecule has 1 aromatic heterocycles. The van der Waals surface area contributed by atoms with Gasteiger partial charge in [0, 0.05) is 30.9 Å². The second-order valence-electron chi connectivity index (χ2n) is 6.37. The van der Waals surface area contributed by atoms with Crippen LogP contribution in [0.2, 0.25) is 0 Å². The summed E-state index contributed by atoms with van der Waals surface area (Å²) in [6, 6.07) is 7.97. The lowest BCUT2D eigenvalue weighted by molar-refractivity contribution is 0.0384. The molecule has 6 heteroatoms. The quantitative estimate of drug-likeness (QED) is 0.878. The first kappa shape index (κ1) is 16.8. The number of hydrogen-bond donors (Lipinski definition) is 1. The van der Waals surface area contributed by atoms with E-state index in [1.807, 2.05) is 25.1 Å². The molecular formula is C18H25N3O3. The molecular weight excluding hydrogens is 306 g/mol. The van der Waals surface area contributed by atoms with Gasteiger partial charge in [-0.05, 0) is 38.1 Å². The number of methoxy groups -OCH3 is 2. The predicted molar refractivity (Wildman–Crippen MR) is 91.7 cm³/mol. The summed E-state index contributed by atoms with van der Waals surface area (Å²) in [7, 11) is 3.23. The molecule has 1 atom stereocenters. The van der Waals surface area contributed by atoms with Crippen LogP contribution in [0.3, 0.4) is 0 Å². The number of aryl methyl sites for hydroxylation is 2. The van der Waals surface area contributed by atoms with Gasteiger partial charge in [-0.25, -0.2) is 0 Å². The summed E-state index contributed by atoms with van der Waals surface area (Å²) in [5.41, 5.74) is 2.99. The topological polar surface area (TPSA) is 59.8 Å². The zero-order chi connectivity index (χ0) is 17.3. The van der Waals surface area contributed by atoms with Crippen LogP contribution >= 0.6 is 0 Å². The van der Waals surface area contributed by atoms with Crippen LogP contribution < -0.4 is 9.47 Å². The summed E-state index contributed by atoms with van der Waals surface area (Å²) in [5.74, 6) is 1.40. The molecule has 0 radical (unpaired) electrons. The normalized spacial score (nSPS) is 16.7. The number of aromatic nitrogens is 2. The van der Waals surface area contributed by atoms with Crippen molar-refractivity contribution in [3.63, 3.8) is 0 Å². The molecule has 6 nitrogen and oxygen atoms in total. The van der Waals surface area contributed by atoms with Crippen LogP contribution in [0.1, 0.15) is 29.1 Å². The Kier molecular flexibility index (Phi) is 4.78. The van der Waals surface area contributed by atoms with Crippen molar-refractivity contribution in [3.8, 4) is 11.5 Å². The molecule has 1 N–H and O–H groups in total. The highest BCUT2D eigenvalue weighted by Gasteiger charge is 2.31. The number of rotatable bonds is 6. The third kappa shape index (κ3) is 3.25. The molecule has 24 heavy (non-hydrogen) atoms. The van der Waals surface area contributed by atoms with Gasteiger partial charge in [0.1, 0.15) is 11.5 Å². The minimum absolute atomic E-state index is 0.387. The number of hydrogen-bond acceptors (Lipinski definition) is 5. The molecule has 2 heterocycles. The molecule has 1 unspecified atom stereocenters. The predicted octanol–water partition coefficient (Wildman–Crippen LogP) is 2.11. The van der Waals surface area contributed by atoms with Crippen LogP contribution in [0.15, 0.2) is 24.3 Å². The maximum atomic E-state index is 10.6. The molecule has 0 spiro atoms. The molecule has 1 aromatic carbocycles. The zero-order valence-corrected chi connectivity index (χ0v) is 14.7. The van der Waals surface area contributed by atoms with E-state index in [1.54, 1.807) is 14.2 Å². The zero-order valence-electron chi connectivity index (χ0n) is 14.7. The third-order valence-corrected chi connectivity index (χ3v) is 4.56. The Morgan fingerprint density at radius 3 is 2.54 bits per heavy atom. The molecule has 3 rings (SSSR count). The number of aliphatic hydroxyl groups is 1. The highest BCUT2D eigenvalue weighted by atomic mass is 16.5. The number of β-amino-alcohol motifs (C(OH)–C–C–N with tert-alkyl or cyclic N) is 1. The Labute approximate surface area is 142 Å². The summed E-state index contributed by atoms with van der Waals surface area (Å²) >= 11 is 0. The number of nitrogens with zero attached hydrogens (tertiary/aromatic N) is 3. The highest BCUT2D eigenvalue weighted by Crippen LogP contribution is 2.32. The van der Waals surface area contributed by atoms with Crippen LogP contribution in [0, 0.1) is 13.8 Å². The smallest absolute Gasteiger partial charge is 0.124 e. The van der Waals surface area contributed by atoms with Gasteiger partial charge >= 0.3 is 0 Å². The number of benzene rings is 1. The van der Waals surface area contributed by atoms with Gasteiger partial charge in [-0.3, -0.25) is 9.58 Å². The Bertz CT molecular complexity index is 708. The lowest BCUT2D eigenvalue weighted by atomic mass is 10.0. The Balaban J connectivity index is 1.63. The monoisotopic (exact) mass is 331 g/mol. The molecule has 130 valence electrons. The maximum absolute atomic E-state index is 10.6. The first-order valence-electron chi connectivity index (χ1n) is 8.17. The molecule has 0 aliphatic carbocycles. The van der Waals surface area contributed by atoms with E-state index in [0.29, 0.717) is 24.1 Å². The second-order valence-corrected chi connectivity index (χ2v) is 6.37. The van der Waals surface area contributed by atoms with E-state index in [4.69, 9.17) is 9.47 Å². The van der Waals surface area contributed by atoms with Gasteiger partial charge in [0.05, 0.1) is 32.1 Å². The molecule has 1 fully saturated rings. The second kappa shape index (κ2) is 6.83. The Morgan fingerprint density at radius 2 is 1.96 bits per heavy atom. The summed E-state index contributed by atoms with van der Waals surface area (Å²) in [4.78, 5) is 2.23. The highest BCUT2D eigenvalue weighted by molar-refractivity contribution is 5.41. The first-order chi connectivity index (χ1) is 11.5. The Hall–Kier alpha value is -2.05. The number of ether oxygens (including phenoxy) is 2. The minimum Gasteiger partial charge on any atom is -0.497 e. The van der Waals surface area contributed by atoms with Crippen molar-refractivity contribution < 1.29 is 14.6 Å². The fourth-order valence-corrected chi connectivity index (χ4v) is 3.30. The summed E-state index contributed by atoms with van der Waals surface area (Å²) in [6.45, 7) is 6.45. The average Bonchev–Trinajstić information content (AvgIpc) is 2.87. The van der Waals surface area contributed by atoms with Gasteiger partial charge < -0.3 is 14.6 Å². The SMILES string of the molecule is COc1ccc(OC)c(C(O)CN2CC(n3nc(C)cc3C)C2)c1. The van der Waals surface area contributed by atoms with E-state index in [1.165, 1.54) is 5.69 Å². The maximum Gasteiger partial charge on any atom is 0.124 e. The van der Waals surface area contributed by atoms with Gasteiger partial charge in [-0.1, -0.05) is 0 Å². The van der Waals surface area contributed by atoms with Crippen molar-refractivity contribution in [1.29, 1.82) is 0 Å². The van der Waals surface area contributed by atoms with Gasteiger partial charge in [-0.15, -0.1) is 0 Å². The van der Waals surface area contributed by atoms with E-state index in [0.717, 1.165) is 24.3 Å². The average molecular weight is 331 g/mol. The van der Waals surface area contributed by atoms with Crippen molar-refractivity contribution in [2.75, 3.05) is 33.9 Å². The molecule has 1 aliphatic rings. The fraction of sp³-hybridized carbons (Fsp3) is 0.500. The van der Waals surface area contributed by atoms with E-state index in [-0.39, 0.29) is 0 Å². The Morgan fingerprint density at radius 1 is 1.21 bits per heavy atom. The van der Waals surface area contributed by atoms with Crippen LogP contribution in [-0.2, 0) is 0 Å². The lowest BCUT2D eigenvalue weighted by Crippen LogP contribution is -2.49. The van der Waals surface area contributed by atoms with E-state index >= 15 is 0 Å². The van der Waals surface area contributed by atoms with Crippen LogP contribution in [-0.4, -0.2) is 53.6 Å². The van der Waals surface area contributed by atoms with E-state index < -0.39 is 6.10 Å². The van der Waals surface area contributed by atoms with Gasteiger partial charge in [0.15, 0.2) is 0 Å². The fourth-order valence-electron chi connectivity index (χ4n) is 3.30. The van der Waals surface area contributed by atoms with Crippen molar-refractivity contribution in [3.05, 3.63) is 41.2 Å². The number of aliphatic hydroxyl groups excluding tert-OH is 1. The van der Waals surface area contributed by atoms with Crippen LogP contribution in [0.4, 0.5) is 0 Å². The molecule has 0 bridgehead atoms. The number of likely N-dealkylation sites (tertiary alicyclic amines) is 1. The van der Waals surface area contributed by atoms with Crippen molar-refractivity contribution in [2.24, 2.45) is 0 Å². The van der Waals surface area contributed by atoms with Crippen molar-refractivity contribution in [2.45, 2.75) is 26.0 Å². The first-order valence-corrected chi connectivity index (χ1v) is 8.17. The van der Waals surface area contributed by atoms with E-state index in [9.17, 15) is 5.11 Å². The van der Waals surface area contributed by atoms with Crippen molar-refractivity contribution >= 4 is 0 Å². The van der Waals surface area contributed by atoms with Crippen molar-refractivity contribution in [1.82, 2.24) is 14.7 Å². The van der Waals surface area contributed by atoms with Gasteiger partial charge in [0.25, 0.3) is 0 Å². The van der Waals surface area contributed by atoms with Crippen LogP contribution in [0.5, 0.6) is 11.5 Å². The van der Waals surface area contributed by atoms with Crippen LogP contribution in [0.25, 0.3) is 0 Å². The molecule has 1 saturated heterocycles. The summed E-state index contributed by atoms with van der Waals surface area (Å²) in [6.07, 6.45) is -0.614. The molecule has 0 amide bonds. The summed E-state index contributed by atoms with van der Waals surface area (Å²) < 4.78 is 12.7. The largest absolute Gasteiger partial charge is 0.497 e. The molecule has 2 aromatic rings. The summed E-state index contributed by atoms with van der Waals surface area (Å²) in [5, 5.41) is 15.1. The molecule has 1 aliphatic heterocycles.